The first-order valence-electron chi connectivity index (χ1n) is 13.7. The van der Waals surface area contributed by atoms with E-state index in [1.54, 1.807) is 20.0 Å². The first-order chi connectivity index (χ1) is 19.9. The minimum Gasteiger partial charge on any atom is -0.464 e. The van der Waals surface area contributed by atoms with Crippen molar-refractivity contribution < 1.29 is 23.9 Å². The number of rotatable bonds is 11. The number of benzene rings is 1. The van der Waals surface area contributed by atoms with Crippen LogP contribution < -0.4 is 5.43 Å². The Bertz CT molecular complexity index is 1410. The lowest BCUT2D eigenvalue weighted by Gasteiger charge is -2.31. The van der Waals surface area contributed by atoms with Crippen LogP contribution in [0.5, 0.6) is 0 Å². The number of aryl methyl sites for hydroxylation is 1. The maximum Gasteiger partial charge on any atom is 0.336 e. The number of carbonyl (C=O) groups is 3. The van der Waals surface area contributed by atoms with E-state index in [4.69, 9.17) is 14.7 Å². The molecule has 2 aliphatic rings. The molecule has 0 spiro atoms. The fourth-order valence-corrected chi connectivity index (χ4v) is 5.09. The second-order valence-corrected chi connectivity index (χ2v) is 9.95. The predicted octanol–water partition coefficient (Wildman–Crippen LogP) is 3.85. The zero-order chi connectivity index (χ0) is 29.2. The number of hydrogen-bond acceptors (Lipinski definition) is 9. The second kappa shape index (κ2) is 14.1. The Hall–Kier alpha value is -4.65. The average molecular weight is 556 g/mol. The maximum atomic E-state index is 13.4. The fourth-order valence-electron chi connectivity index (χ4n) is 5.09. The molecule has 0 aliphatic carbocycles. The molecule has 41 heavy (non-hydrogen) atoms. The third kappa shape index (κ3) is 7.72. The number of nitrogens with zero attached hydrogens (tertiary/aromatic N) is 4. The summed E-state index contributed by atoms with van der Waals surface area (Å²) < 4.78 is 11.1. The van der Waals surface area contributed by atoms with E-state index in [-0.39, 0.29) is 25.5 Å². The van der Waals surface area contributed by atoms with Gasteiger partial charge in [-0.25, -0.2) is 10.2 Å². The van der Waals surface area contributed by atoms with Crippen molar-refractivity contribution in [3.63, 3.8) is 0 Å². The van der Waals surface area contributed by atoms with Gasteiger partial charge in [0.2, 0.25) is 5.91 Å². The van der Waals surface area contributed by atoms with Gasteiger partial charge in [-0.3, -0.25) is 19.6 Å². The monoisotopic (exact) mass is 555 g/mol. The average Bonchev–Trinajstić information content (AvgIpc) is 2.97. The first-order valence-corrected chi connectivity index (χ1v) is 13.7. The Labute approximate surface area is 239 Å². The van der Waals surface area contributed by atoms with E-state index in [1.807, 2.05) is 48.5 Å². The van der Waals surface area contributed by atoms with E-state index in [9.17, 15) is 14.4 Å². The van der Waals surface area contributed by atoms with Crippen molar-refractivity contribution in [3.8, 4) is 6.07 Å². The highest BCUT2D eigenvalue weighted by atomic mass is 16.5. The molecule has 2 aromatic rings. The topological polar surface area (TPSA) is 143 Å². The third-order valence-corrected chi connectivity index (χ3v) is 7.14. The molecule has 1 aromatic heterocycles. The summed E-state index contributed by atoms with van der Waals surface area (Å²) in [5.74, 6) is -2.37. The van der Waals surface area contributed by atoms with Crippen molar-refractivity contribution in [2.24, 2.45) is 21.9 Å². The van der Waals surface area contributed by atoms with Gasteiger partial charge in [-0.1, -0.05) is 30.3 Å². The molecule has 0 radical (unpaired) electrons. The molecular formula is C31H33N5O5. The molecule has 1 amide bonds. The Balaban J connectivity index is 1.44. The van der Waals surface area contributed by atoms with Gasteiger partial charge in [-0.05, 0) is 49.9 Å². The van der Waals surface area contributed by atoms with Gasteiger partial charge < -0.3 is 9.47 Å². The number of allylic oxidation sites excluding steroid dienone is 1. The molecular weight excluding hydrogens is 522 g/mol. The van der Waals surface area contributed by atoms with Crippen LogP contribution in [-0.4, -0.2) is 47.5 Å². The number of nitriles is 1. The van der Waals surface area contributed by atoms with Gasteiger partial charge in [0, 0.05) is 48.5 Å². The van der Waals surface area contributed by atoms with Crippen LogP contribution in [0.2, 0.25) is 0 Å². The zero-order valence-corrected chi connectivity index (χ0v) is 23.3. The van der Waals surface area contributed by atoms with E-state index >= 15 is 0 Å². The van der Waals surface area contributed by atoms with Crippen molar-refractivity contribution in [2.45, 2.75) is 52.4 Å². The lowest BCUT2D eigenvalue weighted by Crippen LogP contribution is -2.38. The first kappa shape index (κ1) is 29.3. The van der Waals surface area contributed by atoms with Crippen molar-refractivity contribution >= 4 is 29.3 Å². The van der Waals surface area contributed by atoms with Crippen molar-refractivity contribution in [1.29, 1.82) is 5.26 Å². The molecule has 0 bridgehead atoms. The fraction of sp³-hybridized carbons (Fsp3) is 0.387. The number of hydrogen-bond donors (Lipinski definition) is 1. The summed E-state index contributed by atoms with van der Waals surface area (Å²) in [4.78, 5) is 46.8. The van der Waals surface area contributed by atoms with Gasteiger partial charge in [0.15, 0.2) is 0 Å². The summed E-state index contributed by atoms with van der Waals surface area (Å²) >= 11 is 0. The number of aromatic nitrogens is 1. The normalized spacial score (nSPS) is 18.5. The number of pyridine rings is 1. The van der Waals surface area contributed by atoms with Gasteiger partial charge in [-0.2, -0.15) is 10.4 Å². The number of aliphatic imine (C=N–C) groups is 1. The van der Waals surface area contributed by atoms with Crippen molar-refractivity contribution in [3.05, 3.63) is 76.8 Å². The van der Waals surface area contributed by atoms with Gasteiger partial charge in [0.05, 0.1) is 30.4 Å². The van der Waals surface area contributed by atoms with Crippen LogP contribution in [0.3, 0.4) is 0 Å². The van der Waals surface area contributed by atoms with Crippen molar-refractivity contribution in [1.82, 2.24) is 10.4 Å². The largest absolute Gasteiger partial charge is 0.464 e. The standard InChI is InChI=1S/C31H33N5O5/c1-20-28(30(38)40-18-5-16-32)25(12-11-24-6-3-4-17-33-24)29(21(2)34-20)31(39)41-19-15-22-7-9-23(10-8-22)26-13-14-27(37)36-35-26/h3-4,6-10,17,25,28H,5,11-15,18-19H2,1-2H3,(H,36,37). The van der Waals surface area contributed by atoms with E-state index in [0.29, 0.717) is 49.1 Å². The number of hydrazone groups is 1. The number of nitrogens with one attached hydrogen (secondary N) is 1. The number of esters is 2. The Morgan fingerprint density at radius 1 is 1.05 bits per heavy atom. The Morgan fingerprint density at radius 2 is 1.85 bits per heavy atom. The van der Waals surface area contributed by atoms with Crippen LogP contribution in [0.25, 0.3) is 0 Å². The summed E-state index contributed by atoms with van der Waals surface area (Å²) in [6.45, 7) is 3.64. The van der Waals surface area contributed by atoms with Crippen molar-refractivity contribution in [2.75, 3.05) is 13.2 Å². The van der Waals surface area contributed by atoms with Crippen LogP contribution in [0.15, 0.2) is 70.0 Å². The van der Waals surface area contributed by atoms with Crippen LogP contribution >= 0.6 is 0 Å². The molecule has 4 rings (SSSR count). The van der Waals surface area contributed by atoms with Gasteiger partial charge in [0.1, 0.15) is 12.5 Å². The zero-order valence-electron chi connectivity index (χ0n) is 23.3. The van der Waals surface area contributed by atoms with Crippen LogP contribution in [0, 0.1) is 23.2 Å². The number of carbonyl (C=O) groups excluding carboxylic acids is 3. The van der Waals surface area contributed by atoms with Crippen LogP contribution in [-0.2, 0) is 36.7 Å². The van der Waals surface area contributed by atoms with Gasteiger partial charge in [0.25, 0.3) is 0 Å². The SMILES string of the molecule is CC1=NC(C)=C(C(=O)OCCc2ccc(C3=NNC(=O)CC3)cc2)C(CCc2ccccn2)C1C(=O)OCCC#N. The van der Waals surface area contributed by atoms with E-state index < -0.39 is 23.8 Å². The molecule has 2 atom stereocenters. The molecule has 10 nitrogen and oxygen atoms in total. The van der Waals surface area contributed by atoms with E-state index in [0.717, 1.165) is 22.5 Å². The Kier molecular flexibility index (Phi) is 10.1. The molecule has 3 heterocycles. The lowest BCUT2D eigenvalue weighted by molar-refractivity contribution is -0.147. The minimum absolute atomic E-state index is 0.0185. The molecule has 1 N–H and O–H groups in total. The van der Waals surface area contributed by atoms with Gasteiger partial charge in [-0.15, -0.1) is 0 Å². The highest BCUT2D eigenvalue weighted by Crippen LogP contribution is 2.35. The van der Waals surface area contributed by atoms with Crippen LogP contribution in [0.1, 0.15) is 56.4 Å². The lowest BCUT2D eigenvalue weighted by atomic mass is 9.77. The molecule has 0 fully saturated rings. The Morgan fingerprint density at radius 3 is 2.54 bits per heavy atom. The van der Waals surface area contributed by atoms with Crippen LogP contribution in [0.4, 0.5) is 0 Å². The minimum atomic E-state index is -0.760. The molecule has 10 heteroatoms. The number of amides is 1. The molecule has 1 aromatic carbocycles. The van der Waals surface area contributed by atoms with E-state index in [2.05, 4.69) is 20.5 Å². The third-order valence-electron chi connectivity index (χ3n) is 7.14. The quantitative estimate of drug-likeness (QED) is 0.328. The summed E-state index contributed by atoms with van der Waals surface area (Å²) in [5, 5.41) is 13.0. The second-order valence-electron chi connectivity index (χ2n) is 9.95. The number of ether oxygens (including phenoxy) is 2. The smallest absolute Gasteiger partial charge is 0.336 e. The predicted molar refractivity (Wildman–Crippen MR) is 152 cm³/mol. The molecule has 212 valence electrons. The molecule has 0 saturated heterocycles. The van der Waals surface area contributed by atoms with Gasteiger partial charge >= 0.3 is 11.9 Å². The highest BCUT2D eigenvalue weighted by Gasteiger charge is 2.41. The summed E-state index contributed by atoms with van der Waals surface area (Å²) in [5.41, 5.74) is 7.54. The summed E-state index contributed by atoms with van der Waals surface area (Å²) in [7, 11) is 0. The molecule has 2 aliphatic heterocycles. The summed E-state index contributed by atoms with van der Waals surface area (Å²) in [6, 6.07) is 15.4. The highest BCUT2D eigenvalue weighted by molar-refractivity contribution is 6.06. The molecule has 2 unspecified atom stereocenters. The maximum absolute atomic E-state index is 13.4. The summed E-state index contributed by atoms with van der Waals surface area (Å²) in [6.07, 6.45) is 4.32. The molecule has 0 saturated carbocycles. The van der Waals surface area contributed by atoms with E-state index in [1.165, 1.54) is 0 Å².